The van der Waals surface area contributed by atoms with E-state index in [4.69, 9.17) is 44.5 Å². The zero-order chi connectivity index (χ0) is 70.0. The topological polar surface area (TPSA) is 194 Å². The number of piperazine rings is 2. The number of anilines is 2. The van der Waals surface area contributed by atoms with Crippen molar-refractivity contribution >= 4 is 35.1 Å². The molecule has 0 saturated carbocycles. The second-order valence-corrected chi connectivity index (χ2v) is 24.8. The number of alkyl halides is 6. The van der Waals surface area contributed by atoms with Crippen LogP contribution in [0.25, 0.3) is 0 Å². The van der Waals surface area contributed by atoms with Crippen molar-refractivity contribution in [3.05, 3.63) is 178 Å². The molecule has 2 saturated heterocycles. The molecule has 2 fully saturated rings. The van der Waals surface area contributed by atoms with E-state index in [-0.39, 0.29) is 23.9 Å². The minimum Gasteiger partial charge on any atom is -0.542 e. The molecule has 0 radical (unpaired) electrons. The smallest absolute Gasteiger partial charge is 0.430 e. The second kappa shape index (κ2) is 33.9. The standard InChI is InChI=1S/C41H51N4O3.C27H39N4O3.2C2HF3O2/c1-5-45(2)26-24-43(25-27-45)38-19-12-18-35-36(38)31-44(41(35)46)37(34-21-22-39(47-3)40(28-34)48-4)20-13-23-42(29-32-14-8-6-9-15-32)30-33-16-10-7-11-17-33;1-5-31(2)16-14-29(15-17-31)24-9-6-8-21-22(24)19-30(27(21)32)23(10-7-13-28)20-11-12-25(33-3)26(18-20)34-4;2*3-2(4,5)1(6)7/h6-12,14-19,21-22,28,37H,5,13,20,23-27,29-31H2,1-4H3;6,8-9,11-12,18,23H,5,7,10,13-17,19,28H2,1-4H3;2*(H,6,7)/q2*+1;;/p-2/t37-;23-;;/m11../s1. The number of methoxy groups -OCH3 is 4. The third-order valence-corrected chi connectivity index (χ3v) is 18.7. The first-order chi connectivity index (χ1) is 45.7. The molecule has 6 aromatic carbocycles. The highest BCUT2D eigenvalue weighted by Gasteiger charge is 2.40. The Morgan fingerprint density at radius 1 is 0.531 bits per heavy atom. The summed E-state index contributed by atoms with van der Waals surface area (Å²) in [6.45, 7) is 19.9. The normalized spacial score (nSPS) is 16.2. The number of amides is 2. The monoisotopic (exact) mass is 1340 g/mol. The highest BCUT2D eigenvalue weighted by Crippen LogP contribution is 2.43. The Bertz CT molecular complexity index is 3470. The third-order valence-electron chi connectivity index (χ3n) is 18.7. The molecule has 0 bridgehead atoms. The molecule has 96 heavy (non-hydrogen) atoms. The van der Waals surface area contributed by atoms with E-state index in [9.17, 15) is 35.9 Å². The van der Waals surface area contributed by atoms with Crippen molar-refractivity contribution in [2.24, 2.45) is 5.73 Å². The van der Waals surface area contributed by atoms with Gasteiger partial charge in [-0.15, -0.1) is 0 Å². The number of nitrogens with zero attached hydrogens (tertiary/aromatic N) is 7. The van der Waals surface area contributed by atoms with Gasteiger partial charge in [0.05, 0.1) is 120 Å². The zero-order valence-electron chi connectivity index (χ0n) is 56.1. The number of likely N-dealkylation sites (N-methyl/N-ethyl adjacent to an activating group) is 2. The maximum absolute atomic E-state index is 14.3. The van der Waals surface area contributed by atoms with Gasteiger partial charge >= 0.3 is 12.4 Å². The Kier molecular flexibility index (Phi) is 26.4. The van der Waals surface area contributed by atoms with Crippen molar-refractivity contribution in [3.8, 4) is 23.0 Å². The van der Waals surface area contributed by atoms with E-state index in [0.29, 0.717) is 42.6 Å². The summed E-state index contributed by atoms with van der Waals surface area (Å²) in [7, 11) is 11.3. The number of rotatable bonds is 23. The molecule has 2 N–H and O–H groups in total. The first-order valence-electron chi connectivity index (χ1n) is 32.3. The van der Waals surface area contributed by atoms with Crippen molar-refractivity contribution in [1.82, 2.24) is 14.7 Å². The summed E-state index contributed by atoms with van der Waals surface area (Å²) in [6.07, 6.45) is -6.98. The summed E-state index contributed by atoms with van der Waals surface area (Å²) in [5, 5.41) is 17.6. The van der Waals surface area contributed by atoms with Crippen LogP contribution in [0.5, 0.6) is 23.0 Å². The fraction of sp³-hybridized carbons (Fsp3) is 0.444. The Morgan fingerprint density at radius 3 is 1.21 bits per heavy atom. The van der Waals surface area contributed by atoms with Crippen LogP contribution in [-0.4, -0.2) is 181 Å². The van der Waals surface area contributed by atoms with E-state index < -0.39 is 24.3 Å². The van der Waals surface area contributed by atoms with Gasteiger partial charge in [0.1, 0.15) is 11.9 Å². The maximum atomic E-state index is 14.3. The lowest BCUT2D eigenvalue weighted by atomic mass is 9.99. The van der Waals surface area contributed by atoms with E-state index in [1.165, 1.54) is 22.5 Å². The second-order valence-electron chi connectivity index (χ2n) is 24.8. The molecule has 2 atom stereocenters. The van der Waals surface area contributed by atoms with Crippen LogP contribution >= 0.6 is 0 Å². The van der Waals surface area contributed by atoms with Crippen LogP contribution in [0.2, 0.25) is 0 Å². The minimum absolute atomic E-state index is 0.0717. The van der Waals surface area contributed by atoms with E-state index in [1.807, 2.05) is 47.4 Å². The Morgan fingerprint density at radius 2 is 0.885 bits per heavy atom. The number of aliphatic carboxylic acids is 2. The predicted molar refractivity (Wildman–Crippen MR) is 351 cm³/mol. The highest BCUT2D eigenvalue weighted by atomic mass is 19.4. The molecule has 18 nitrogen and oxygen atoms in total. The van der Waals surface area contributed by atoms with Crippen LogP contribution in [0.3, 0.4) is 0 Å². The third kappa shape index (κ3) is 19.3. The average molecular weight is 1340 g/mol. The predicted octanol–water partition coefficient (Wildman–Crippen LogP) is 9.19. The fourth-order valence-electron chi connectivity index (χ4n) is 12.6. The Labute approximate surface area is 559 Å². The molecule has 10 rings (SSSR count). The van der Waals surface area contributed by atoms with Gasteiger partial charge in [-0.25, -0.2) is 0 Å². The van der Waals surface area contributed by atoms with E-state index >= 15 is 0 Å². The van der Waals surface area contributed by atoms with E-state index in [1.54, 1.807) is 28.4 Å². The molecule has 0 aliphatic carbocycles. The zero-order valence-corrected chi connectivity index (χ0v) is 56.1. The molecule has 24 heteroatoms. The molecule has 2 amide bonds. The van der Waals surface area contributed by atoms with Gasteiger partial charge in [0, 0.05) is 59.8 Å². The van der Waals surface area contributed by atoms with Gasteiger partial charge < -0.3 is 73.0 Å². The van der Waals surface area contributed by atoms with E-state index in [0.717, 1.165) is 153 Å². The van der Waals surface area contributed by atoms with Crippen LogP contribution in [0.4, 0.5) is 37.7 Å². The molecule has 0 spiro atoms. The lowest BCUT2D eigenvalue weighted by Crippen LogP contribution is -2.57. The number of quaternary nitrogens is 2. The number of carbonyl (C=O) groups excluding carboxylic acids is 4. The molecule has 0 unspecified atom stereocenters. The van der Waals surface area contributed by atoms with Gasteiger partial charge in [0.25, 0.3) is 11.8 Å². The van der Waals surface area contributed by atoms with Crippen LogP contribution in [0, 0.1) is 0 Å². The van der Waals surface area contributed by atoms with Gasteiger partial charge in [0.2, 0.25) is 0 Å². The number of carbonyl (C=O) groups is 4. The number of benzene rings is 6. The molecule has 4 aliphatic rings. The summed E-state index contributed by atoms with van der Waals surface area (Å²) < 4.78 is 87.6. The van der Waals surface area contributed by atoms with Crippen LogP contribution in [0.15, 0.2) is 133 Å². The number of halogens is 6. The number of hydrogen-bond acceptors (Lipinski definition) is 14. The molecule has 4 aliphatic heterocycles. The summed E-state index contributed by atoms with van der Waals surface area (Å²) in [4.78, 5) is 57.1. The van der Waals surface area contributed by atoms with E-state index in [2.05, 4.69) is 139 Å². The number of ether oxygens (including phenoxy) is 4. The van der Waals surface area contributed by atoms with Crippen LogP contribution in [0.1, 0.15) is 106 Å². The van der Waals surface area contributed by atoms with Crippen molar-refractivity contribution in [2.45, 2.75) is 90.1 Å². The number of carboxylic acid groups (broad SMARTS) is 2. The van der Waals surface area contributed by atoms with Crippen molar-refractivity contribution < 1.29 is 83.6 Å². The number of nitrogens with two attached hydrogens (primary N) is 1. The number of hydrogen-bond donors (Lipinski definition) is 1. The van der Waals surface area contributed by atoms with Gasteiger partial charge in [-0.05, 0) is 123 Å². The highest BCUT2D eigenvalue weighted by molar-refractivity contribution is 6.01. The molecule has 520 valence electrons. The van der Waals surface area contributed by atoms with Crippen molar-refractivity contribution in [3.63, 3.8) is 0 Å². The van der Waals surface area contributed by atoms with Gasteiger partial charge in [-0.1, -0.05) is 84.9 Å². The molecule has 6 aromatic rings. The SMILES string of the molecule is CC[N+]1(C)CCN(c2cccc3c2CN([C@H](CCCN(Cc2ccccc2)Cc2ccccc2)c2ccc(OC)c(OC)c2)C3=O)CC1.CC[N+]1(C)CCN(c2cccc3c2CN([C@H](CCCN)c2ccc(OC)c(OC)c2)C3=O)CC1.O=C([O-])C(F)(F)F.O=C([O-])C(F)(F)F. The molecular weight excluding hydrogens is 1250 g/mol. The average Bonchev–Trinajstić information content (AvgIpc) is 1.66. The summed E-state index contributed by atoms with van der Waals surface area (Å²) in [5.74, 6) is -3.07. The first-order valence-corrected chi connectivity index (χ1v) is 32.3. The van der Waals surface area contributed by atoms with Gasteiger partial charge in [-0.2, -0.15) is 26.3 Å². The molecule has 0 aromatic heterocycles. The largest absolute Gasteiger partial charge is 0.542 e. The molecule has 4 heterocycles. The minimum atomic E-state index is -5.19. The first kappa shape index (κ1) is 74.8. The Hall–Kier alpha value is -8.58. The summed E-state index contributed by atoms with van der Waals surface area (Å²) >= 11 is 0. The van der Waals surface area contributed by atoms with Crippen LogP contribution in [-0.2, 0) is 35.8 Å². The lowest BCUT2D eigenvalue weighted by Gasteiger charge is -2.42. The van der Waals surface area contributed by atoms with Gasteiger partial charge in [-0.3, -0.25) is 14.5 Å². The maximum Gasteiger partial charge on any atom is 0.430 e. The molecular formula is C72H90F6N8O10. The number of carboxylic acids is 2. The number of fused-ring (bicyclic) bond motifs is 2. The van der Waals surface area contributed by atoms with Crippen molar-refractivity contribution in [1.29, 1.82) is 0 Å². The quantitative estimate of drug-likeness (QED) is 0.0471. The summed E-state index contributed by atoms with van der Waals surface area (Å²) in [6, 6.07) is 45.8. The fourth-order valence-corrected chi connectivity index (χ4v) is 12.6. The Balaban J connectivity index is 0.000000234. The lowest BCUT2D eigenvalue weighted by molar-refractivity contribution is -0.908. The van der Waals surface area contributed by atoms with Crippen LogP contribution < -0.4 is 44.7 Å². The van der Waals surface area contributed by atoms with Gasteiger partial charge in [0.15, 0.2) is 23.0 Å². The van der Waals surface area contributed by atoms with Crippen molar-refractivity contribution in [2.75, 3.05) is 131 Å². The summed E-state index contributed by atoms with van der Waals surface area (Å²) in [5.41, 5.74) is 17.0.